The van der Waals surface area contributed by atoms with Crippen molar-refractivity contribution in [2.75, 3.05) is 19.8 Å². The molecular formula is C20H35NaO3. The van der Waals surface area contributed by atoms with Gasteiger partial charge in [0.05, 0.1) is 0 Å². The number of hydrogen-bond acceptors (Lipinski definition) is 3. The van der Waals surface area contributed by atoms with Crippen LogP contribution in [0.3, 0.4) is 0 Å². The molecule has 1 atom stereocenters. The maximum atomic E-state index is 6.41. The first-order valence-corrected chi connectivity index (χ1v) is 8.61. The average Bonchev–Trinajstić information content (AvgIpc) is 2.43. The van der Waals surface area contributed by atoms with Gasteiger partial charge in [-0.15, -0.1) is 0 Å². The minimum absolute atomic E-state index is 0. The van der Waals surface area contributed by atoms with Gasteiger partial charge in [-0.1, -0.05) is 52.8 Å². The van der Waals surface area contributed by atoms with Gasteiger partial charge in [-0.2, -0.15) is 0 Å². The van der Waals surface area contributed by atoms with Gasteiger partial charge in [0, 0.05) is 18.6 Å². The van der Waals surface area contributed by atoms with Crippen LogP contribution in [-0.2, 0) is 9.47 Å². The Hall–Kier alpha value is -0.0600. The summed E-state index contributed by atoms with van der Waals surface area (Å²) in [5.41, 5.74) is -0.0512. The van der Waals surface area contributed by atoms with E-state index in [1.165, 1.54) is 0 Å². The van der Waals surface area contributed by atoms with Gasteiger partial charge >= 0.3 is 29.6 Å². The van der Waals surface area contributed by atoms with Crippen molar-refractivity contribution in [1.82, 2.24) is 0 Å². The summed E-state index contributed by atoms with van der Waals surface area (Å²) in [7, 11) is 0. The normalized spacial score (nSPS) is 14.6. The SMILES string of the molecule is CCOCC(OCC)(Oc1ccccc1)C(C)(C)CC(C)(C)C.[NaH]. The molecule has 0 aliphatic rings. The third-order valence-electron chi connectivity index (χ3n) is 3.90. The first-order valence-electron chi connectivity index (χ1n) is 8.61. The molecule has 0 fully saturated rings. The van der Waals surface area contributed by atoms with Crippen molar-refractivity contribution in [3.8, 4) is 5.75 Å². The van der Waals surface area contributed by atoms with Crippen LogP contribution >= 0.6 is 0 Å². The summed E-state index contributed by atoms with van der Waals surface area (Å²) < 4.78 is 18.4. The van der Waals surface area contributed by atoms with Crippen LogP contribution in [0.15, 0.2) is 30.3 Å². The van der Waals surface area contributed by atoms with Crippen molar-refractivity contribution in [2.45, 2.75) is 60.7 Å². The topological polar surface area (TPSA) is 27.7 Å². The third kappa shape index (κ3) is 7.05. The molecule has 24 heavy (non-hydrogen) atoms. The predicted octanol–water partition coefficient (Wildman–Crippen LogP) is 4.65. The Morgan fingerprint density at radius 2 is 1.46 bits per heavy atom. The second kappa shape index (κ2) is 10.2. The van der Waals surface area contributed by atoms with Gasteiger partial charge in [-0.05, 0) is 37.8 Å². The van der Waals surface area contributed by atoms with E-state index in [-0.39, 0.29) is 40.4 Å². The first kappa shape index (κ1) is 23.9. The molecule has 1 unspecified atom stereocenters. The van der Waals surface area contributed by atoms with E-state index in [2.05, 4.69) is 34.6 Å². The molecule has 0 aromatic heterocycles. The zero-order valence-electron chi connectivity index (χ0n) is 15.9. The Morgan fingerprint density at radius 1 is 0.875 bits per heavy atom. The third-order valence-corrected chi connectivity index (χ3v) is 3.90. The van der Waals surface area contributed by atoms with Crippen molar-refractivity contribution in [2.24, 2.45) is 10.8 Å². The monoisotopic (exact) mass is 346 g/mol. The van der Waals surface area contributed by atoms with E-state index in [0.717, 1.165) is 12.2 Å². The number of ether oxygens (including phenoxy) is 3. The van der Waals surface area contributed by atoms with E-state index in [4.69, 9.17) is 14.2 Å². The van der Waals surface area contributed by atoms with Crippen LogP contribution in [0, 0.1) is 10.8 Å². The van der Waals surface area contributed by atoms with E-state index in [1.54, 1.807) is 0 Å². The molecule has 0 saturated carbocycles. The van der Waals surface area contributed by atoms with Crippen LogP contribution in [0.4, 0.5) is 0 Å². The van der Waals surface area contributed by atoms with Crippen LogP contribution in [0.1, 0.15) is 54.9 Å². The van der Waals surface area contributed by atoms with Gasteiger partial charge in [0.1, 0.15) is 12.4 Å². The standard InChI is InChI=1S/C20H34O3.Na.H/c1-8-21-16-20(22-9-2,19(6,7)15-18(3,4)5)23-17-13-11-10-12-14-17;;/h10-14H,8-9,15-16H2,1-7H3;;. The van der Waals surface area contributed by atoms with Gasteiger partial charge in [0.2, 0.25) is 5.79 Å². The molecule has 3 nitrogen and oxygen atoms in total. The van der Waals surface area contributed by atoms with E-state index in [1.807, 2.05) is 44.2 Å². The fourth-order valence-corrected chi connectivity index (χ4v) is 3.24. The van der Waals surface area contributed by atoms with Crippen LogP contribution in [0.5, 0.6) is 5.75 Å². The molecular weight excluding hydrogens is 311 g/mol. The number of benzene rings is 1. The van der Waals surface area contributed by atoms with Crippen molar-refractivity contribution >= 4 is 29.6 Å². The van der Waals surface area contributed by atoms with E-state index < -0.39 is 5.79 Å². The Balaban J connectivity index is 0.00000529. The van der Waals surface area contributed by atoms with Crippen molar-refractivity contribution in [3.05, 3.63) is 30.3 Å². The van der Waals surface area contributed by atoms with Crippen LogP contribution < -0.4 is 4.74 Å². The first-order chi connectivity index (χ1) is 10.7. The van der Waals surface area contributed by atoms with Gasteiger partial charge < -0.3 is 14.2 Å². The summed E-state index contributed by atoms with van der Waals surface area (Å²) in [5.74, 6) is -0.00510. The van der Waals surface area contributed by atoms with E-state index in [0.29, 0.717) is 19.8 Å². The zero-order valence-corrected chi connectivity index (χ0v) is 15.9. The Kier molecular flexibility index (Phi) is 10.2. The predicted molar refractivity (Wildman–Crippen MR) is 103 cm³/mol. The van der Waals surface area contributed by atoms with Crippen molar-refractivity contribution in [3.63, 3.8) is 0 Å². The van der Waals surface area contributed by atoms with Gasteiger partial charge in [-0.25, -0.2) is 0 Å². The Labute approximate surface area is 170 Å². The van der Waals surface area contributed by atoms with Crippen molar-refractivity contribution in [1.29, 1.82) is 0 Å². The molecule has 0 aliphatic carbocycles. The quantitative estimate of drug-likeness (QED) is 0.481. The molecule has 0 aliphatic heterocycles. The van der Waals surface area contributed by atoms with Gasteiger partial charge in [0.15, 0.2) is 0 Å². The summed E-state index contributed by atoms with van der Waals surface area (Å²) >= 11 is 0. The summed E-state index contributed by atoms with van der Waals surface area (Å²) in [4.78, 5) is 0. The van der Waals surface area contributed by atoms with Crippen LogP contribution in [-0.4, -0.2) is 55.2 Å². The molecule has 0 N–H and O–H groups in total. The molecule has 0 amide bonds. The van der Waals surface area contributed by atoms with Gasteiger partial charge in [0.25, 0.3) is 0 Å². The summed E-state index contributed by atoms with van der Waals surface area (Å²) in [6.45, 7) is 16.8. The second-order valence-electron chi connectivity index (χ2n) is 7.86. The molecule has 1 rings (SSSR count). The molecule has 0 heterocycles. The molecule has 134 valence electrons. The molecule has 0 saturated heterocycles. The molecule has 0 bridgehead atoms. The maximum absolute atomic E-state index is 6.41. The molecule has 0 radical (unpaired) electrons. The second-order valence-corrected chi connectivity index (χ2v) is 7.86. The summed E-state index contributed by atoms with van der Waals surface area (Å²) in [6.07, 6.45) is 0.958. The zero-order chi connectivity index (χ0) is 17.6. The number of hydrogen-bond donors (Lipinski definition) is 0. The fourth-order valence-electron chi connectivity index (χ4n) is 3.24. The molecule has 1 aromatic rings. The average molecular weight is 346 g/mol. The Morgan fingerprint density at radius 3 is 1.92 bits per heavy atom. The summed E-state index contributed by atoms with van der Waals surface area (Å²) in [6, 6.07) is 9.87. The molecule has 1 aromatic carbocycles. The van der Waals surface area contributed by atoms with E-state index >= 15 is 0 Å². The summed E-state index contributed by atoms with van der Waals surface area (Å²) in [5, 5.41) is 0. The Bertz CT molecular complexity index is 454. The fraction of sp³-hybridized carbons (Fsp3) is 0.700. The van der Waals surface area contributed by atoms with E-state index in [9.17, 15) is 0 Å². The van der Waals surface area contributed by atoms with Gasteiger partial charge in [-0.3, -0.25) is 0 Å². The minimum atomic E-state index is -0.813. The number of rotatable bonds is 9. The van der Waals surface area contributed by atoms with Crippen LogP contribution in [0.25, 0.3) is 0 Å². The molecule has 4 heteroatoms. The molecule has 0 spiro atoms. The van der Waals surface area contributed by atoms with Crippen molar-refractivity contribution < 1.29 is 14.2 Å². The van der Waals surface area contributed by atoms with Crippen LogP contribution in [0.2, 0.25) is 0 Å². The number of para-hydroxylation sites is 1.